The van der Waals surface area contributed by atoms with Crippen LogP contribution in [0, 0.1) is 13.8 Å². The fraction of sp³-hybridized carbons (Fsp3) is 0.316. The van der Waals surface area contributed by atoms with Gasteiger partial charge in [0.25, 0.3) is 0 Å². The number of aromatic nitrogens is 3. The first-order valence-corrected chi connectivity index (χ1v) is 9.54. The highest BCUT2D eigenvalue weighted by atomic mass is 32.2. The molecule has 0 unspecified atom stereocenters. The van der Waals surface area contributed by atoms with Crippen molar-refractivity contribution in [2.45, 2.75) is 38.9 Å². The van der Waals surface area contributed by atoms with Crippen molar-refractivity contribution < 1.29 is 9.21 Å². The number of nitrogens with zero attached hydrogens (tertiary/aromatic N) is 3. The van der Waals surface area contributed by atoms with Crippen LogP contribution in [-0.4, -0.2) is 26.4 Å². The molecule has 0 spiro atoms. The summed E-state index contributed by atoms with van der Waals surface area (Å²) in [7, 11) is 0. The lowest BCUT2D eigenvalue weighted by molar-refractivity contribution is -0.113. The number of aryl methyl sites for hydroxylation is 2. The van der Waals surface area contributed by atoms with Crippen molar-refractivity contribution in [3.63, 3.8) is 0 Å². The zero-order valence-corrected chi connectivity index (χ0v) is 16.0. The Bertz CT molecular complexity index is 901. The van der Waals surface area contributed by atoms with Crippen LogP contribution in [0.1, 0.15) is 24.7 Å². The zero-order chi connectivity index (χ0) is 18.5. The van der Waals surface area contributed by atoms with Gasteiger partial charge in [-0.25, -0.2) is 0 Å². The number of hydrogen-bond donors (Lipinski definition) is 1. The average molecular weight is 370 g/mol. The SMILES string of the molecule is CCCn1c(SCC(=O)Nc2cccc(C)c2)nnc1-c1ccoc1C. The van der Waals surface area contributed by atoms with Gasteiger partial charge in [-0.2, -0.15) is 0 Å². The summed E-state index contributed by atoms with van der Waals surface area (Å²) in [6.45, 7) is 6.79. The Kier molecular flexibility index (Phi) is 5.78. The Labute approximate surface area is 157 Å². The number of furan rings is 1. The van der Waals surface area contributed by atoms with E-state index >= 15 is 0 Å². The van der Waals surface area contributed by atoms with E-state index in [0.29, 0.717) is 0 Å². The highest BCUT2D eigenvalue weighted by molar-refractivity contribution is 7.99. The summed E-state index contributed by atoms with van der Waals surface area (Å²) in [6, 6.07) is 9.65. The number of hydrogen-bond acceptors (Lipinski definition) is 5. The molecule has 3 aromatic rings. The molecule has 7 heteroatoms. The lowest BCUT2D eigenvalue weighted by Crippen LogP contribution is -2.14. The zero-order valence-electron chi connectivity index (χ0n) is 15.2. The van der Waals surface area contributed by atoms with Crippen LogP contribution in [0.4, 0.5) is 5.69 Å². The summed E-state index contributed by atoms with van der Waals surface area (Å²) in [5.74, 6) is 1.80. The third-order valence-electron chi connectivity index (χ3n) is 3.90. The second kappa shape index (κ2) is 8.23. The molecule has 136 valence electrons. The summed E-state index contributed by atoms with van der Waals surface area (Å²) in [5, 5.41) is 12.2. The van der Waals surface area contributed by atoms with E-state index in [-0.39, 0.29) is 11.7 Å². The van der Waals surface area contributed by atoms with E-state index in [2.05, 4.69) is 22.4 Å². The maximum Gasteiger partial charge on any atom is 0.234 e. The molecule has 6 nitrogen and oxygen atoms in total. The number of carbonyl (C=O) groups is 1. The molecule has 2 aromatic heterocycles. The number of anilines is 1. The van der Waals surface area contributed by atoms with E-state index in [0.717, 1.165) is 46.5 Å². The van der Waals surface area contributed by atoms with Crippen LogP contribution in [0.25, 0.3) is 11.4 Å². The maximum absolute atomic E-state index is 12.3. The van der Waals surface area contributed by atoms with Crippen LogP contribution in [0.2, 0.25) is 0 Å². The quantitative estimate of drug-likeness (QED) is 0.628. The molecule has 0 aliphatic heterocycles. The molecule has 26 heavy (non-hydrogen) atoms. The molecule has 0 aliphatic carbocycles. The van der Waals surface area contributed by atoms with E-state index in [1.165, 1.54) is 11.8 Å². The number of carbonyl (C=O) groups excluding carboxylic acids is 1. The number of rotatable bonds is 7. The molecule has 0 fully saturated rings. The van der Waals surface area contributed by atoms with E-state index < -0.39 is 0 Å². The molecule has 3 rings (SSSR count). The molecule has 0 radical (unpaired) electrons. The fourth-order valence-electron chi connectivity index (χ4n) is 2.69. The Hall–Kier alpha value is -2.54. The number of amides is 1. The Morgan fingerprint density at radius 1 is 1.27 bits per heavy atom. The molecular weight excluding hydrogens is 348 g/mol. The molecule has 0 aliphatic rings. The van der Waals surface area contributed by atoms with Crippen molar-refractivity contribution >= 4 is 23.4 Å². The van der Waals surface area contributed by atoms with Gasteiger partial charge in [0.15, 0.2) is 11.0 Å². The van der Waals surface area contributed by atoms with Crippen LogP contribution in [0.5, 0.6) is 0 Å². The van der Waals surface area contributed by atoms with Crippen LogP contribution < -0.4 is 5.32 Å². The number of nitrogens with one attached hydrogen (secondary N) is 1. The second-order valence-corrected chi connectivity index (χ2v) is 7.00. The van der Waals surface area contributed by atoms with Gasteiger partial charge in [0, 0.05) is 12.2 Å². The Balaban J connectivity index is 1.70. The van der Waals surface area contributed by atoms with Crippen molar-refractivity contribution in [2.24, 2.45) is 0 Å². The Morgan fingerprint density at radius 3 is 2.81 bits per heavy atom. The predicted molar refractivity (Wildman–Crippen MR) is 103 cm³/mol. The van der Waals surface area contributed by atoms with Crippen LogP contribution >= 0.6 is 11.8 Å². The molecule has 0 atom stereocenters. The van der Waals surface area contributed by atoms with E-state index in [4.69, 9.17) is 4.42 Å². The first kappa shape index (κ1) is 18.3. The van der Waals surface area contributed by atoms with Gasteiger partial charge in [0.1, 0.15) is 5.76 Å². The van der Waals surface area contributed by atoms with Crippen molar-refractivity contribution in [1.82, 2.24) is 14.8 Å². The van der Waals surface area contributed by atoms with E-state index in [9.17, 15) is 4.79 Å². The lowest BCUT2D eigenvalue weighted by atomic mass is 10.2. The van der Waals surface area contributed by atoms with Crippen molar-refractivity contribution in [2.75, 3.05) is 11.1 Å². The first-order chi connectivity index (χ1) is 12.6. The van der Waals surface area contributed by atoms with Crippen molar-refractivity contribution in [1.29, 1.82) is 0 Å². The molecule has 0 bridgehead atoms. The standard InChI is InChI=1S/C19H22N4O2S/c1-4-9-23-18(16-8-10-25-14(16)3)21-22-19(23)26-12-17(24)20-15-7-5-6-13(2)11-15/h5-8,10-11H,4,9,12H2,1-3H3,(H,20,24). The van der Waals surface area contributed by atoms with Crippen LogP contribution in [-0.2, 0) is 11.3 Å². The number of benzene rings is 1. The molecule has 2 heterocycles. The van der Waals surface area contributed by atoms with Crippen LogP contribution in [0.15, 0.2) is 46.2 Å². The predicted octanol–water partition coefficient (Wildman–Crippen LogP) is 4.30. The van der Waals surface area contributed by atoms with Gasteiger partial charge in [0.2, 0.25) is 5.91 Å². The third kappa shape index (κ3) is 4.16. The summed E-state index contributed by atoms with van der Waals surface area (Å²) >= 11 is 1.39. The first-order valence-electron chi connectivity index (χ1n) is 8.55. The van der Waals surface area contributed by atoms with Gasteiger partial charge in [-0.1, -0.05) is 30.8 Å². The Morgan fingerprint density at radius 2 is 2.12 bits per heavy atom. The van der Waals surface area contributed by atoms with Crippen LogP contribution in [0.3, 0.4) is 0 Å². The minimum atomic E-state index is -0.0623. The molecule has 0 saturated heterocycles. The second-order valence-electron chi connectivity index (χ2n) is 6.05. The fourth-order valence-corrected chi connectivity index (χ4v) is 3.45. The normalized spacial score (nSPS) is 10.9. The highest BCUT2D eigenvalue weighted by Crippen LogP contribution is 2.27. The van der Waals surface area contributed by atoms with Gasteiger partial charge in [0.05, 0.1) is 17.6 Å². The summed E-state index contributed by atoms with van der Waals surface area (Å²) in [4.78, 5) is 12.3. The maximum atomic E-state index is 12.3. The minimum absolute atomic E-state index is 0.0623. The molecule has 1 N–H and O–H groups in total. The summed E-state index contributed by atoms with van der Waals surface area (Å²) in [5.41, 5.74) is 2.85. The van der Waals surface area contributed by atoms with Gasteiger partial charge in [-0.3, -0.25) is 4.79 Å². The molecular formula is C19H22N4O2S. The lowest BCUT2D eigenvalue weighted by Gasteiger charge is -2.09. The van der Waals surface area contributed by atoms with Crippen molar-refractivity contribution in [3.8, 4) is 11.4 Å². The number of thioether (sulfide) groups is 1. The monoisotopic (exact) mass is 370 g/mol. The minimum Gasteiger partial charge on any atom is -0.469 e. The van der Waals surface area contributed by atoms with E-state index in [1.54, 1.807) is 6.26 Å². The highest BCUT2D eigenvalue weighted by Gasteiger charge is 2.17. The largest absolute Gasteiger partial charge is 0.469 e. The van der Waals surface area contributed by atoms with Gasteiger partial charge < -0.3 is 14.3 Å². The third-order valence-corrected chi connectivity index (χ3v) is 4.86. The molecule has 1 aromatic carbocycles. The van der Waals surface area contributed by atoms with E-state index in [1.807, 2.05) is 48.7 Å². The summed E-state index contributed by atoms with van der Waals surface area (Å²) < 4.78 is 7.43. The van der Waals surface area contributed by atoms with Gasteiger partial charge >= 0.3 is 0 Å². The molecule has 0 saturated carbocycles. The smallest absolute Gasteiger partial charge is 0.234 e. The average Bonchev–Trinajstić information content (AvgIpc) is 3.19. The molecule has 1 amide bonds. The van der Waals surface area contributed by atoms with Gasteiger partial charge in [-0.05, 0) is 44.0 Å². The van der Waals surface area contributed by atoms with Gasteiger partial charge in [-0.15, -0.1) is 10.2 Å². The topological polar surface area (TPSA) is 73.0 Å². The summed E-state index contributed by atoms with van der Waals surface area (Å²) in [6.07, 6.45) is 2.60. The van der Waals surface area contributed by atoms with Crippen molar-refractivity contribution in [3.05, 3.63) is 47.9 Å².